The van der Waals surface area contributed by atoms with Crippen molar-refractivity contribution in [2.75, 3.05) is 6.61 Å². The van der Waals surface area contributed by atoms with Gasteiger partial charge in [-0.25, -0.2) is 9.59 Å². The van der Waals surface area contributed by atoms with Crippen molar-refractivity contribution in [1.29, 1.82) is 0 Å². The van der Waals surface area contributed by atoms with E-state index in [2.05, 4.69) is 10.1 Å². The zero-order valence-corrected chi connectivity index (χ0v) is 8.51. The number of carbonyl (C=O) groups is 2. The predicted molar refractivity (Wildman–Crippen MR) is 54.5 cm³/mol. The number of rotatable bonds is 4. The van der Waals surface area contributed by atoms with Crippen LogP contribution in [0.25, 0.3) is 0 Å². The van der Waals surface area contributed by atoms with Gasteiger partial charge in [0, 0.05) is 0 Å². The Bertz CT molecular complexity index is 390. The molecule has 2 rings (SSSR count). The molecule has 1 fully saturated rings. The normalized spacial score (nSPS) is 19.4. The molecule has 1 saturated heterocycles. The van der Waals surface area contributed by atoms with Gasteiger partial charge in [0.25, 0.3) is 0 Å². The lowest BCUT2D eigenvalue weighted by Gasteiger charge is -2.06. The lowest BCUT2D eigenvalue weighted by atomic mass is 10.2. The van der Waals surface area contributed by atoms with E-state index in [9.17, 15) is 9.59 Å². The zero-order chi connectivity index (χ0) is 11.4. The maximum atomic E-state index is 11.0. The number of cyclic esters (lactones) is 2. The van der Waals surface area contributed by atoms with E-state index in [4.69, 9.17) is 4.74 Å². The van der Waals surface area contributed by atoms with Crippen LogP contribution in [0.3, 0.4) is 0 Å². The number of nitrogens with one attached hydrogen (secondary N) is 1. The van der Waals surface area contributed by atoms with Gasteiger partial charge in [-0.3, -0.25) is 0 Å². The van der Waals surface area contributed by atoms with Crippen molar-refractivity contribution in [2.45, 2.75) is 12.6 Å². The second-order valence-corrected chi connectivity index (χ2v) is 3.41. The summed E-state index contributed by atoms with van der Waals surface area (Å²) < 4.78 is 9.61. The summed E-state index contributed by atoms with van der Waals surface area (Å²) in [5.74, 6) is -0.585. The summed E-state index contributed by atoms with van der Waals surface area (Å²) in [6.45, 7) is 0.528. The van der Waals surface area contributed by atoms with E-state index in [0.717, 1.165) is 5.56 Å². The second kappa shape index (κ2) is 4.76. The molecule has 0 saturated carbocycles. The molecular weight excluding hydrogens is 210 g/mol. The van der Waals surface area contributed by atoms with Crippen molar-refractivity contribution in [3.8, 4) is 0 Å². The van der Waals surface area contributed by atoms with Crippen molar-refractivity contribution in [3.05, 3.63) is 35.9 Å². The Morgan fingerprint density at radius 2 is 2.00 bits per heavy atom. The molecular formula is C11H11NO4. The third-order valence-electron chi connectivity index (χ3n) is 2.17. The molecule has 16 heavy (non-hydrogen) atoms. The molecule has 1 heterocycles. The molecule has 5 heteroatoms. The Hall–Kier alpha value is -1.88. The van der Waals surface area contributed by atoms with Gasteiger partial charge in [-0.05, 0) is 5.56 Å². The van der Waals surface area contributed by atoms with E-state index in [1.807, 2.05) is 30.3 Å². The number of hydrogen-bond donors (Lipinski definition) is 1. The van der Waals surface area contributed by atoms with Gasteiger partial charge in [0.15, 0.2) is 6.04 Å². The Labute approximate surface area is 92.4 Å². The minimum absolute atomic E-state index is 0.124. The summed E-state index contributed by atoms with van der Waals surface area (Å²) in [5, 5.41) is 2.35. The molecule has 1 amide bonds. The molecule has 0 radical (unpaired) electrons. The highest BCUT2D eigenvalue weighted by atomic mass is 16.6. The minimum Gasteiger partial charge on any atom is -0.375 e. The van der Waals surface area contributed by atoms with Crippen molar-refractivity contribution < 1.29 is 19.1 Å². The van der Waals surface area contributed by atoms with E-state index in [1.54, 1.807) is 0 Å². The van der Waals surface area contributed by atoms with Crippen LogP contribution in [0.5, 0.6) is 0 Å². The van der Waals surface area contributed by atoms with Crippen molar-refractivity contribution in [1.82, 2.24) is 5.32 Å². The number of esters is 1. The van der Waals surface area contributed by atoms with Crippen molar-refractivity contribution in [2.24, 2.45) is 0 Å². The van der Waals surface area contributed by atoms with Gasteiger partial charge in [-0.1, -0.05) is 30.3 Å². The molecule has 0 bridgehead atoms. The Kier molecular flexibility index (Phi) is 3.16. The van der Waals surface area contributed by atoms with Gasteiger partial charge in [0.1, 0.15) is 0 Å². The van der Waals surface area contributed by atoms with Crippen molar-refractivity contribution in [3.63, 3.8) is 0 Å². The van der Waals surface area contributed by atoms with Gasteiger partial charge in [0.2, 0.25) is 0 Å². The Balaban J connectivity index is 1.76. The Morgan fingerprint density at radius 1 is 1.25 bits per heavy atom. The first-order valence-electron chi connectivity index (χ1n) is 4.89. The summed E-state index contributed by atoms with van der Waals surface area (Å²) in [4.78, 5) is 21.7. The van der Waals surface area contributed by atoms with E-state index >= 15 is 0 Å². The fourth-order valence-electron chi connectivity index (χ4n) is 1.37. The van der Waals surface area contributed by atoms with Gasteiger partial charge in [-0.15, -0.1) is 0 Å². The lowest BCUT2D eigenvalue weighted by molar-refractivity contribution is -0.136. The van der Waals surface area contributed by atoms with Crippen LogP contribution in [0.4, 0.5) is 4.79 Å². The van der Waals surface area contributed by atoms with E-state index in [-0.39, 0.29) is 6.61 Å². The highest BCUT2D eigenvalue weighted by Crippen LogP contribution is 2.04. The van der Waals surface area contributed by atoms with Crippen LogP contribution in [0.1, 0.15) is 5.56 Å². The average molecular weight is 221 g/mol. The largest absolute Gasteiger partial charge is 0.415 e. The van der Waals surface area contributed by atoms with Crippen LogP contribution in [-0.4, -0.2) is 24.7 Å². The first-order valence-corrected chi connectivity index (χ1v) is 4.89. The molecule has 0 spiro atoms. The van der Waals surface area contributed by atoms with E-state index < -0.39 is 18.1 Å². The highest BCUT2D eigenvalue weighted by Gasteiger charge is 2.32. The minimum atomic E-state index is -0.710. The van der Waals surface area contributed by atoms with Gasteiger partial charge in [0.05, 0.1) is 13.2 Å². The number of carbonyl (C=O) groups excluding carboxylic acids is 2. The van der Waals surface area contributed by atoms with Crippen LogP contribution in [0, 0.1) is 0 Å². The average Bonchev–Trinajstić information content (AvgIpc) is 2.59. The number of benzene rings is 1. The van der Waals surface area contributed by atoms with E-state index in [1.165, 1.54) is 0 Å². The van der Waals surface area contributed by atoms with Crippen LogP contribution in [-0.2, 0) is 20.9 Å². The van der Waals surface area contributed by atoms with Gasteiger partial charge in [-0.2, -0.15) is 0 Å². The molecule has 84 valence electrons. The number of amides is 1. The number of ether oxygens (including phenoxy) is 2. The standard InChI is InChI=1S/C11H11NO4/c13-10-9(12-11(14)16-10)7-15-6-8-4-2-1-3-5-8/h1-5,9H,6-7H2,(H,12,14). The third kappa shape index (κ3) is 2.58. The summed E-state index contributed by atoms with van der Waals surface area (Å²) >= 11 is 0. The topological polar surface area (TPSA) is 64.6 Å². The maximum Gasteiger partial charge on any atom is 0.415 e. The summed E-state index contributed by atoms with van der Waals surface area (Å²) in [7, 11) is 0. The maximum absolute atomic E-state index is 11.0. The monoisotopic (exact) mass is 221 g/mol. The fourth-order valence-corrected chi connectivity index (χ4v) is 1.37. The molecule has 1 aliphatic rings. The molecule has 1 aromatic rings. The molecule has 1 aromatic carbocycles. The SMILES string of the molecule is O=C1NC(COCc2ccccc2)C(=O)O1. The van der Waals surface area contributed by atoms with Crippen LogP contribution in [0.2, 0.25) is 0 Å². The van der Waals surface area contributed by atoms with Crippen LogP contribution < -0.4 is 5.32 Å². The Morgan fingerprint density at radius 3 is 2.62 bits per heavy atom. The summed E-state index contributed by atoms with van der Waals surface area (Å²) in [6.07, 6.45) is -0.710. The van der Waals surface area contributed by atoms with Crippen LogP contribution in [0.15, 0.2) is 30.3 Å². The van der Waals surface area contributed by atoms with Crippen molar-refractivity contribution >= 4 is 12.1 Å². The molecule has 1 N–H and O–H groups in total. The summed E-state index contributed by atoms with van der Waals surface area (Å²) in [5.41, 5.74) is 1.01. The smallest absolute Gasteiger partial charge is 0.375 e. The number of hydrogen-bond acceptors (Lipinski definition) is 4. The molecule has 5 nitrogen and oxygen atoms in total. The highest BCUT2D eigenvalue weighted by molar-refractivity contribution is 5.95. The lowest BCUT2D eigenvalue weighted by Crippen LogP contribution is -2.33. The first-order chi connectivity index (χ1) is 7.75. The zero-order valence-electron chi connectivity index (χ0n) is 8.51. The van der Waals surface area contributed by atoms with Gasteiger partial charge < -0.3 is 14.8 Å². The van der Waals surface area contributed by atoms with Gasteiger partial charge >= 0.3 is 12.1 Å². The second-order valence-electron chi connectivity index (χ2n) is 3.41. The molecule has 1 unspecified atom stereocenters. The molecule has 0 aromatic heterocycles. The first kappa shape index (κ1) is 10.6. The summed E-state index contributed by atoms with van der Waals surface area (Å²) in [6, 6.07) is 8.89. The third-order valence-corrected chi connectivity index (χ3v) is 2.17. The molecule has 0 aliphatic carbocycles. The number of alkyl carbamates (subject to hydrolysis) is 1. The van der Waals surface area contributed by atoms with Crippen LogP contribution >= 0.6 is 0 Å². The predicted octanol–water partition coefficient (Wildman–Crippen LogP) is 0.838. The molecule has 1 aliphatic heterocycles. The molecule has 1 atom stereocenters. The van der Waals surface area contributed by atoms with E-state index in [0.29, 0.717) is 6.61 Å². The quantitative estimate of drug-likeness (QED) is 0.604. The fraction of sp³-hybridized carbons (Fsp3) is 0.273.